The molecule has 0 atom stereocenters. The standard InChI is InChI=1S/C34H42N2O9S3/c1-25-15-17-29-27(23-25)33(2,3)31(36(29)20-12-22-47(38,39)40)13-9-7-6-8-10-14-32-34(4,5)28-24-26(48(41,42)43)16-18-30(28)35(32)19-11-21-46-45-44-37/h6-10,13-18,23-24H,11-12,19-22H2,1-5H3,(H2-,37,38,39,40,41,42,43)/p+1. The lowest BCUT2D eigenvalue weighted by atomic mass is 9.81. The van der Waals surface area contributed by atoms with E-state index >= 15 is 0 Å². The van der Waals surface area contributed by atoms with Crippen LogP contribution >= 0.6 is 12.0 Å². The molecule has 0 spiro atoms. The van der Waals surface area contributed by atoms with Crippen molar-refractivity contribution in [2.45, 2.75) is 63.2 Å². The summed E-state index contributed by atoms with van der Waals surface area (Å²) in [4.78, 5) is 1.96. The van der Waals surface area contributed by atoms with Crippen molar-refractivity contribution in [2.24, 2.45) is 0 Å². The summed E-state index contributed by atoms with van der Waals surface area (Å²) >= 11 is 0.965. The van der Waals surface area contributed by atoms with Gasteiger partial charge in [-0.25, -0.2) is 5.26 Å². The zero-order valence-electron chi connectivity index (χ0n) is 27.7. The fourth-order valence-corrected chi connectivity index (χ4v) is 7.67. The molecule has 0 amide bonds. The summed E-state index contributed by atoms with van der Waals surface area (Å²) in [6.45, 7) is 11.3. The minimum Gasteiger partial charge on any atom is -0.344 e. The molecule has 2 aromatic carbocycles. The quantitative estimate of drug-likeness (QED) is 0.0343. The van der Waals surface area contributed by atoms with E-state index in [0.717, 1.165) is 51.5 Å². The number of hydrogen-bond acceptors (Lipinski definition) is 9. The third-order valence-electron chi connectivity index (χ3n) is 8.63. The van der Waals surface area contributed by atoms with E-state index in [1.165, 1.54) is 12.1 Å². The molecule has 11 nitrogen and oxygen atoms in total. The second-order valence-electron chi connectivity index (χ2n) is 12.8. The van der Waals surface area contributed by atoms with Gasteiger partial charge in [0.15, 0.2) is 5.71 Å². The van der Waals surface area contributed by atoms with Gasteiger partial charge in [-0.2, -0.15) is 21.4 Å². The van der Waals surface area contributed by atoms with Gasteiger partial charge in [-0.05, 0) is 57.0 Å². The monoisotopic (exact) mass is 719 g/mol. The van der Waals surface area contributed by atoms with Crippen molar-refractivity contribution in [3.05, 3.63) is 101 Å². The zero-order chi connectivity index (χ0) is 35.3. The second-order valence-corrected chi connectivity index (χ2v) is 16.5. The molecule has 0 saturated heterocycles. The predicted molar refractivity (Wildman–Crippen MR) is 189 cm³/mol. The zero-order valence-corrected chi connectivity index (χ0v) is 30.1. The van der Waals surface area contributed by atoms with Crippen LogP contribution in [-0.4, -0.2) is 66.1 Å². The van der Waals surface area contributed by atoms with E-state index in [9.17, 15) is 25.9 Å². The van der Waals surface area contributed by atoms with Gasteiger partial charge in [0, 0.05) is 65.3 Å². The first-order valence-electron chi connectivity index (χ1n) is 15.4. The molecule has 4 rings (SSSR count). The third-order valence-corrected chi connectivity index (χ3v) is 10.9. The third kappa shape index (κ3) is 8.74. The SMILES string of the molecule is Cc1ccc2c(c1)C(C)(C)C(=CC=CC=CC=CC1=[N+](CCCSOOO)c3ccc(S(=O)(=O)O)cc3C1(C)C)N2CCCS(=O)(=O)O. The highest BCUT2D eigenvalue weighted by Crippen LogP contribution is 2.48. The fourth-order valence-electron chi connectivity index (χ4n) is 6.31. The van der Waals surface area contributed by atoms with Gasteiger partial charge in [0.05, 0.1) is 16.1 Å². The van der Waals surface area contributed by atoms with E-state index in [1.54, 1.807) is 6.07 Å². The van der Waals surface area contributed by atoms with Gasteiger partial charge in [-0.3, -0.25) is 9.11 Å². The lowest BCUT2D eigenvalue weighted by Crippen LogP contribution is -2.28. The molecule has 2 heterocycles. The van der Waals surface area contributed by atoms with Crippen LogP contribution in [0.5, 0.6) is 0 Å². The topological polar surface area (TPSA) is 154 Å². The Bertz CT molecular complexity index is 1890. The van der Waals surface area contributed by atoms with E-state index in [0.29, 0.717) is 25.3 Å². The minimum absolute atomic E-state index is 0.164. The van der Waals surface area contributed by atoms with Crippen molar-refractivity contribution < 1.29 is 45.1 Å². The lowest BCUT2D eigenvalue weighted by Gasteiger charge is -2.27. The Hall–Kier alpha value is -3.08. The summed E-state index contributed by atoms with van der Waals surface area (Å²) in [5.41, 5.74) is 6.00. The van der Waals surface area contributed by atoms with E-state index in [1.807, 2.05) is 69.4 Å². The van der Waals surface area contributed by atoms with Crippen LogP contribution in [0.25, 0.3) is 0 Å². The summed E-state index contributed by atoms with van der Waals surface area (Å²) < 4.78 is 72.0. The molecule has 0 bridgehead atoms. The molecule has 2 aromatic rings. The van der Waals surface area contributed by atoms with Gasteiger partial charge in [0.2, 0.25) is 5.69 Å². The lowest BCUT2D eigenvalue weighted by molar-refractivity contribution is -0.438. The fraction of sp³-hybridized carbons (Fsp3) is 0.382. The Balaban J connectivity index is 1.56. The molecule has 2 aliphatic heterocycles. The average molecular weight is 720 g/mol. The van der Waals surface area contributed by atoms with Crippen LogP contribution < -0.4 is 4.90 Å². The van der Waals surface area contributed by atoms with Crippen LogP contribution in [-0.2, 0) is 40.4 Å². The first kappa shape index (κ1) is 37.7. The highest BCUT2D eigenvalue weighted by atomic mass is 32.2. The molecule has 48 heavy (non-hydrogen) atoms. The normalized spacial score (nSPS) is 18.2. The van der Waals surface area contributed by atoms with Crippen LogP contribution in [0.15, 0.2) is 89.5 Å². The van der Waals surface area contributed by atoms with Crippen molar-refractivity contribution in [1.29, 1.82) is 0 Å². The Morgan fingerprint density at radius 1 is 0.896 bits per heavy atom. The highest BCUT2D eigenvalue weighted by Gasteiger charge is 2.45. The summed E-state index contributed by atoms with van der Waals surface area (Å²) in [5, 5.41) is 12.1. The van der Waals surface area contributed by atoms with Crippen LogP contribution in [0.1, 0.15) is 57.2 Å². The van der Waals surface area contributed by atoms with Crippen molar-refractivity contribution in [2.75, 3.05) is 29.5 Å². The number of allylic oxidation sites excluding steroid dienone is 8. The van der Waals surface area contributed by atoms with Crippen molar-refractivity contribution in [3.63, 3.8) is 0 Å². The molecule has 3 N–H and O–H groups in total. The molecule has 2 aliphatic rings. The van der Waals surface area contributed by atoms with E-state index in [2.05, 4.69) is 44.8 Å². The maximum Gasteiger partial charge on any atom is 0.294 e. The first-order valence-corrected chi connectivity index (χ1v) is 19.4. The van der Waals surface area contributed by atoms with E-state index < -0.39 is 25.7 Å². The summed E-state index contributed by atoms with van der Waals surface area (Å²) in [5.74, 6) is 0.224. The van der Waals surface area contributed by atoms with Crippen molar-refractivity contribution in [1.82, 2.24) is 0 Å². The molecular weight excluding hydrogens is 677 g/mol. The Labute approximate surface area is 287 Å². The first-order chi connectivity index (χ1) is 22.5. The minimum atomic E-state index is -4.38. The van der Waals surface area contributed by atoms with Crippen LogP contribution in [0, 0.1) is 6.92 Å². The van der Waals surface area contributed by atoms with E-state index in [-0.39, 0.29) is 22.5 Å². The Morgan fingerprint density at radius 2 is 1.60 bits per heavy atom. The van der Waals surface area contributed by atoms with Crippen LogP contribution in [0.3, 0.4) is 0 Å². The van der Waals surface area contributed by atoms with Crippen molar-refractivity contribution >= 4 is 49.4 Å². The molecule has 0 aliphatic carbocycles. The molecule has 14 heteroatoms. The van der Waals surface area contributed by atoms with Gasteiger partial charge in [0.25, 0.3) is 20.2 Å². The van der Waals surface area contributed by atoms with Gasteiger partial charge in [-0.15, -0.1) is 4.33 Å². The number of hydrogen-bond donors (Lipinski definition) is 3. The van der Waals surface area contributed by atoms with Crippen LogP contribution in [0.4, 0.5) is 11.4 Å². The molecular formula is C34H43N2O9S3+. The van der Waals surface area contributed by atoms with Gasteiger partial charge < -0.3 is 4.90 Å². The molecule has 0 radical (unpaired) electrons. The summed E-state index contributed by atoms with van der Waals surface area (Å²) in [7, 11) is -8.43. The second kappa shape index (κ2) is 15.2. The number of benzene rings is 2. The molecule has 0 fully saturated rings. The molecule has 260 valence electrons. The smallest absolute Gasteiger partial charge is 0.294 e. The summed E-state index contributed by atoms with van der Waals surface area (Å²) in [6, 6.07) is 10.8. The number of aryl methyl sites for hydroxylation is 1. The Kier molecular flexibility index (Phi) is 12.0. The number of fused-ring (bicyclic) bond motifs is 2. The molecule has 0 unspecified atom stereocenters. The predicted octanol–water partition coefficient (Wildman–Crippen LogP) is 6.71. The van der Waals surface area contributed by atoms with Crippen LogP contribution in [0.2, 0.25) is 0 Å². The highest BCUT2D eigenvalue weighted by molar-refractivity contribution is 7.94. The largest absolute Gasteiger partial charge is 0.344 e. The van der Waals surface area contributed by atoms with Gasteiger partial charge in [-0.1, -0.05) is 67.0 Å². The van der Waals surface area contributed by atoms with Gasteiger partial charge in [0.1, 0.15) is 6.54 Å². The molecule has 0 aromatic heterocycles. The van der Waals surface area contributed by atoms with Gasteiger partial charge >= 0.3 is 0 Å². The maximum atomic E-state index is 11.9. The number of anilines is 1. The number of nitrogens with zero attached hydrogens (tertiary/aromatic N) is 2. The Morgan fingerprint density at radius 3 is 2.29 bits per heavy atom. The molecule has 0 saturated carbocycles. The van der Waals surface area contributed by atoms with Crippen molar-refractivity contribution in [3.8, 4) is 0 Å². The number of rotatable bonds is 15. The van der Waals surface area contributed by atoms with E-state index in [4.69, 9.17) is 5.26 Å². The average Bonchev–Trinajstić information content (AvgIpc) is 3.33. The maximum absolute atomic E-state index is 11.9. The summed E-state index contributed by atoms with van der Waals surface area (Å²) in [6.07, 6.45) is 14.5.